The van der Waals surface area contributed by atoms with E-state index in [9.17, 15) is 4.79 Å². The van der Waals surface area contributed by atoms with E-state index in [1.165, 1.54) is 36.7 Å². The van der Waals surface area contributed by atoms with Crippen LogP contribution < -0.4 is 9.64 Å². The number of carbonyl (C=O) groups is 1. The number of nitrogens with zero attached hydrogens (tertiary/aromatic N) is 3. The highest BCUT2D eigenvalue weighted by Crippen LogP contribution is 2.35. The zero-order valence-corrected chi connectivity index (χ0v) is 22.5. The Morgan fingerprint density at radius 3 is 2.32 bits per heavy atom. The lowest BCUT2D eigenvalue weighted by molar-refractivity contribution is -0.122. The molecule has 1 amide bonds. The Kier molecular flexibility index (Phi) is 8.17. The van der Waals surface area contributed by atoms with E-state index in [1.807, 2.05) is 66.7 Å². The van der Waals surface area contributed by atoms with Crippen molar-refractivity contribution in [3.05, 3.63) is 93.9 Å². The van der Waals surface area contributed by atoms with Gasteiger partial charge in [-0.3, -0.25) is 9.69 Å². The molecule has 5 nitrogen and oxygen atoms in total. The monoisotopic (exact) mass is 531 g/mol. The predicted octanol–water partition coefficient (Wildman–Crippen LogP) is 7.19. The minimum absolute atomic E-state index is 0.0304. The summed E-state index contributed by atoms with van der Waals surface area (Å²) in [6, 6.07) is 23.8. The molecule has 0 saturated carbocycles. The van der Waals surface area contributed by atoms with Crippen molar-refractivity contribution in [2.75, 3.05) is 31.6 Å². The number of carbonyl (C=O) groups excluding carboxylic acids is 1. The number of ether oxygens (including phenoxy) is 1. The van der Waals surface area contributed by atoms with Crippen LogP contribution in [-0.4, -0.2) is 42.7 Å². The fraction of sp³-hybridized carbons (Fsp3) is 0.267. The molecule has 37 heavy (non-hydrogen) atoms. The Bertz CT molecular complexity index is 1280. The molecule has 3 aromatic rings. The zero-order valence-electron chi connectivity index (χ0n) is 20.9. The minimum atomic E-state index is -0.0304. The average Bonchev–Trinajstić information content (AvgIpc) is 3.23. The summed E-state index contributed by atoms with van der Waals surface area (Å²) in [5, 5.41) is 1.37. The maximum Gasteiger partial charge on any atom is 0.266 e. The molecular weight excluding hydrogens is 502 g/mol. The molecule has 0 atom stereocenters. The van der Waals surface area contributed by atoms with Gasteiger partial charge in [-0.1, -0.05) is 35.9 Å². The lowest BCUT2D eigenvalue weighted by Crippen LogP contribution is -2.31. The van der Waals surface area contributed by atoms with E-state index in [1.54, 1.807) is 12.0 Å². The predicted molar refractivity (Wildman–Crippen MR) is 155 cm³/mol. The molecule has 5 rings (SSSR count). The van der Waals surface area contributed by atoms with Crippen LogP contribution in [0.15, 0.2) is 82.7 Å². The van der Waals surface area contributed by atoms with Gasteiger partial charge >= 0.3 is 0 Å². The summed E-state index contributed by atoms with van der Waals surface area (Å²) in [4.78, 5) is 23.2. The van der Waals surface area contributed by atoms with Crippen molar-refractivity contribution in [1.29, 1.82) is 0 Å². The smallest absolute Gasteiger partial charge is 0.266 e. The van der Waals surface area contributed by atoms with Crippen LogP contribution >= 0.6 is 23.4 Å². The quantitative estimate of drug-likeness (QED) is 0.303. The van der Waals surface area contributed by atoms with Crippen LogP contribution in [0.2, 0.25) is 5.02 Å². The van der Waals surface area contributed by atoms with Crippen LogP contribution in [0.1, 0.15) is 30.4 Å². The molecule has 0 aromatic heterocycles. The van der Waals surface area contributed by atoms with Gasteiger partial charge in [-0.25, -0.2) is 4.99 Å². The third-order valence-electron chi connectivity index (χ3n) is 6.63. The van der Waals surface area contributed by atoms with E-state index >= 15 is 0 Å². The lowest BCUT2D eigenvalue weighted by Gasteiger charge is -2.28. The van der Waals surface area contributed by atoms with Crippen molar-refractivity contribution in [3.8, 4) is 5.75 Å². The molecule has 190 valence electrons. The van der Waals surface area contributed by atoms with Crippen LogP contribution in [0.25, 0.3) is 6.08 Å². The fourth-order valence-electron chi connectivity index (χ4n) is 4.53. The molecule has 2 aliphatic rings. The first-order chi connectivity index (χ1) is 18.1. The molecule has 2 aliphatic heterocycles. The third-order valence-corrected chi connectivity index (χ3v) is 7.89. The summed E-state index contributed by atoms with van der Waals surface area (Å²) in [6.07, 6.45) is 6.43. The Labute approximate surface area is 227 Å². The van der Waals surface area contributed by atoms with Gasteiger partial charge < -0.3 is 9.64 Å². The summed E-state index contributed by atoms with van der Waals surface area (Å²) < 4.78 is 5.27. The van der Waals surface area contributed by atoms with E-state index in [0.29, 0.717) is 21.6 Å². The zero-order chi connectivity index (χ0) is 25.6. The highest BCUT2D eigenvalue weighted by molar-refractivity contribution is 8.18. The second-order valence-corrected chi connectivity index (χ2v) is 10.6. The minimum Gasteiger partial charge on any atom is -0.497 e. The van der Waals surface area contributed by atoms with Gasteiger partial charge in [0, 0.05) is 30.3 Å². The SMILES string of the molecule is COc1ccc(CCN2C(=O)/C(=C/c3ccc(Cl)cc3)SC2=Nc2ccc(N3CCCCC3)cc2)cc1. The van der Waals surface area contributed by atoms with E-state index in [0.717, 1.165) is 42.1 Å². The summed E-state index contributed by atoms with van der Waals surface area (Å²) in [6.45, 7) is 2.76. The number of halogens is 1. The van der Waals surface area contributed by atoms with Crippen LogP contribution in [0, 0.1) is 0 Å². The standard InChI is InChI=1S/C30H30ClN3O2S/c1-36-27-15-7-22(8-16-27)17-20-34-29(35)28(21-23-5-9-24(31)10-6-23)37-30(34)32-25-11-13-26(14-12-25)33-18-3-2-4-19-33/h5-16,21H,2-4,17-20H2,1H3/b28-21-,32-30?. The molecule has 2 saturated heterocycles. The van der Waals surface area contributed by atoms with Crippen molar-refractivity contribution >= 4 is 51.9 Å². The summed E-state index contributed by atoms with van der Waals surface area (Å²) >= 11 is 7.46. The van der Waals surface area contributed by atoms with Gasteiger partial charge in [-0.15, -0.1) is 0 Å². The number of amides is 1. The van der Waals surface area contributed by atoms with Crippen molar-refractivity contribution in [3.63, 3.8) is 0 Å². The molecule has 0 radical (unpaired) electrons. The van der Waals surface area contributed by atoms with Crippen LogP contribution in [0.3, 0.4) is 0 Å². The highest BCUT2D eigenvalue weighted by Gasteiger charge is 2.33. The molecule has 2 fully saturated rings. The second-order valence-electron chi connectivity index (χ2n) is 9.18. The van der Waals surface area contributed by atoms with Crippen LogP contribution in [-0.2, 0) is 11.2 Å². The van der Waals surface area contributed by atoms with Gasteiger partial charge in [0.1, 0.15) is 5.75 Å². The van der Waals surface area contributed by atoms with Gasteiger partial charge in [0.2, 0.25) is 0 Å². The van der Waals surface area contributed by atoms with Gasteiger partial charge in [0.15, 0.2) is 5.17 Å². The van der Waals surface area contributed by atoms with Crippen molar-refractivity contribution in [2.45, 2.75) is 25.7 Å². The molecule has 2 heterocycles. The first-order valence-electron chi connectivity index (χ1n) is 12.6. The molecular formula is C30H30ClN3O2S. The van der Waals surface area contributed by atoms with Gasteiger partial charge in [-0.05, 0) is 103 Å². The van der Waals surface area contributed by atoms with Crippen molar-refractivity contribution in [1.82, 2.24) is 4.90 Å². The van der Waals surface area contributed by atoms with Gasteiger partial charge in [0.25, 0.3) is 5.91 Å². The second kappa shape index (κ2) is 11.9. The fourth-order valence-corrected chi connectivity index (χ4v) is 5.68. The number of anilines is 1. The topological polar surface area (TPSA) is 45.1 Å². The average molecular weight is 532 g/mol. The maximum atomic E-state index is 13.5. The van der Waals surface area contributed by atoms with Gasteiger partial charge in [0.05, 0.1) is 17.7 Å². The number of hydrogen-bond acceptors (Lipinski definition) is 5. The summed E-state index contributed by atoms with van der Waals surface area (Å²) in [7, 11) is 1.66. The Balaban J connectivity index is 1.38. The molecule has 0 aliphatic carbocycles. The van der Waals surface area contributed by atoms with E-state index in [4.69, 9.17) is 21.3 Å². The molecule has 7 heteroatoms. The van der Waals surface area contributed by atoms with E-state index < -0.39 is 0 Å². The number of hydrogen-bond donors (Lipinski definition) is 0. The largest absolute Gasteiger partial charge is 0.497 e. The van der Waals surface area contributed by atoms with Crippen LogP contribution in [0.5, 0.6) is 5.75 Å². The first-order valence-corrected chi connectivity index (χ1v) is 13.8. The number of aliphatic imine (C=N–C) groups is 1. The Morgan fingerprint density at radius 2 is 1.65 bits per heavy atom. The number of thioether (sulfide) groups is 1. The van der Waals surface area contributed by atoms with Crippen LogP contribution in [0.4, 0.5) is 11.4 Å². The molecule has 0 unspecified atom stereocenters. The molecule has 0 bridgehead atoms. The van der Waals surface area contributed by atoms with Crippen molar-refractivity contribution in [2.24, 2.45) is 4.99 Å². The molecule has 3 aromatic carbocycles. The number of amidine groups is 1. The van der Waals surface area contributed by atoms with E-state index in [2.05, 4.69) is 17.0 Å². The van der Waals surface area contributed by atoms with E-state index in [-0.39, 0.29) is 5.91 Å². The number of methoxy groups -OCH3 is 1. The summed E-state index contributed by atoms with van der Waals surface area (Å²) in [5.41, 5.74) is 4.15. The highest BCUT2D eigenvalue weighted by atomic mass is 35.5. The summed E-state index contributed by atoms with van der Waals surface area (Å²) in [5.74, 6) is 0.789. The number of benzene rings is 3. The molecule has 0 spiro atoms. The normalized spacial score (nSPS) is 18.2. The lowest BCUT2D eigenvalue weighted by atomic mass is 10.1. The number of piperidine rings is 1. The van der Waals surface area contributed by atoms with Crippen molar-refractivity contribution < 1.29 is 9.53 Å². The van der Waals surface area contributed by atoms with Gasteiger partial charge in [-0.2, -0.15) is 0 Å². The first kappa shape index (κ1) is 25.4. The Hall–Kier alpha value is -3.22. The third kappa shape index (κ3) is 6.38. The maximum absolute atomic E-state index is 13.5. The molecule has 0 N–H and O–H groups in total. The Morgan fingerprint density at radius 1 is 0.946 bits per heavy atom. The number of rotatable bonds is 7.